The molecule has 0 bridgehead atoms. The normalized spacial score (nSPS) is 12.0. The van der Waals surface area contributed by atoms with Crippen LogP contribution in [0.1, 0.15) is 23.6 Å². The third-order valence-corrected chi connectivity index (χ3v) is 5.64. The Labute approximate surface area is 167 Å². The van der Waals surface area contributed by atoms with Gasteiger partial charge in [0.2, 0.25) is 11.1 Å². The average Bonchev–Trinajstić information content (AvgIpc) is 3.06. The van der Waals surface area contributed by atoms with Crippen LogP contribution in [0.3, 0.4) is 0 Å². The van der Waals surface area contributed by atoms with Crippen molar-refractivity contribution in [3.05, 3.63) is 58.1 Å². The summed E-state index contributed by atoms with van der Waals surface area (Å²) in [6, 6.07) is 11.5. The number of nitrogens with one attached hydrogen (secondary N) is 1. The molecule has 0 saturated heterocycles. The van der Waals surface area contributed by atoms with E-state index in [0.29, 0.717) is 15.9 Å². The first-order valence-corrected chi connectivity index (χ1v) is 9.71. The van der Waals surface area contributed by atoms with Crippen LogP contribution in [-0.2, 0) is 4.79 Å². The molecule has 1 amide bonds. The van der Waals surface area contributed by atoms with Gasteiger partial charge in [-0.15, -0.1) is 5.10 Å². The molecular weight excluding hydrogens is 382 g/mol. The summed E-state index contributed by atoms with van der Waals surface area (Å²) in [4.78, 5) is 12.6. The Balaban J connectivity index is 1.77. The van der Waals surface area contributed by atoms with Crippen molar-refractivity contribution < 1.29 is 4.79 Å². The molecule has 0 saturated carbocycles. The zero-order valence-electron chi connectivity index (χ0n) is 15.5. The molecule has 3 rings (SSSR count). The highest BCUT2D eigenvalue weighted by Gasteiger charge is 2.20. The number of hydrogen-bond donors (Lipinski definition) is 1. The number of rotatable bonds is 5. The minimum absolute atomic E-state index is 0.138. The summed E-state index contributed by atoms with van der Waals surface area (Å²) in [5, 5.41) is 15.7. The van der Waals surface area contributed by atoms with E-state index in [4.69, 9.17) is 11.6 Å². The van der Waals surface area contributed by atoms with Crippen molar-refractivity contribution in [3.63, 3.8) is 0 Å². The number of tetrazole rings is 1. The summed E-state index contributed by atoms with van der Waals surface area (Å²) >= 11 is 7.42. The fraction of sp³-hybridized carbons (Fsp3) is 0.263. The highest BCUT2D eigenvalue weighted by molar-refractivity contribution is 8.00. The van der Waals surface area contributed by atoms with E-state index in [1.807, 2.05) is 52.0 Å². The van der Waals surface area contributed by atoms with Gasteiger partial charge in [-0.3, -0.25) is 4.79 Å². The van der Waals surface area contributed by atoms with Gasteiger partial charge < -0.3 is 5.32 Å². The van der Waals surface area contributed by atoms with Crippen LogP contribution in [0.2, 0.25) is 5.02 Å². The minimum Gasteiger partial charge on any atom is -0.325 e. The van der Waals surface area contributed by atoms with Crippen LogP contribution in [0.5, 0.6) is 0 Å². The molecule has 0 aliphatic rings. The van der Waals surface area contributed by atoms with Crippen LogP contribution in [0, 0.1) is 20.8 Å². The first-order valence-electron chi connectivity index (χ1n) is 8.45. The largest absolute Gasteiger partial charge is 0.325 e. The van der Waals surface area contributed by atoms with Crippen LogP contribution in [-0.4, -0.2) is 31.4 Å². The van der Waals surface area contributed by atoms with E-state index in [1.165, 1.54) is 17.3 Å². The number of carbonyl (C=O) groups is 1. The van der Waals surface area contributed by atoms with Crippen molar-refractivity contribution in [2.75, 3.05) is 5.32 Å². The lowest BCUT2D eigenvalue weighted by molar-refractivity contribution is -0.115. The fourth-order valence-corrected chi connectivity index (χ4v) is 3.61. The van der Waals surface area contributed by atoms with Crippen LogP contribution in [0.15, 0.2) is 41.6 Å². The third-order valence-electron chi connectivity index (χ3n) is 4.20. The van der Waals surface area contributed by atoms with E-state index in [1.54, 1.807) is 10.7 Å². The molecule has 1 heterocycles. The van der Waals surface area contributed by atoms with E-state index < -0.39 is 0 Å². The van der Waals surface area contributed by atoms with E-state index in [0.717, 1.165) is 16.8 Å². The monoisotopic (exact) mass is 401 g/mol. The summed E-state index contributed by atoms with van der Waals surface area (Å²) in [6.45, 7) is 7.74. The molecule has 140 valence electrons. The molecule has 0 fully saturated rings. The number of hydrogen-bond acceptors (Lipinski definition) is 5. The second-order valence-electron chi connectivity index (χ2n) is 6.32. The SMILES string of the molecule is Cc1ccc(-n2nnnc2SC(C)C(=O)Nc2cccc(Cl)c2C)c(C)c1. The quantitative estimate of drug-likeness (QED) is 0.643. The third kappa shape index (κ3) is 4.31. The number of carbonyl (C=O) groups excluding carboxylic acids is 1. The van der Waals surface area contributed by atoms with Crippen molar-refractivity contribution >= 4 is 35.0 Å². The predicted molar refractivity (Wildman–Crippen MR) is 109 cm³/mol. The van der Waals surface area contributed by atoms with Gasteiger partial charge in [0.25, 0.3) is 0 Å². The van der Waals surface area contributed by atoms with Gasteiger partial charge in [0, 0.05) is 10.7 Å². The minimum atomic E-state index is -0.390. The van der Waals surface area contributed by atoms with Gasteiger partial charge >= 0.3 is 0 Å². The Hall–Kier alpha value is -2.38. The highest BCUT2D eigenvalue weighted by atomic mass is 35.5. The van der Waals surface area contributed by atoms with Crippen molar-refractivity contribution in [1.82, 2.24) is 20.2 Å². The second kappa shape index (κ2) is 8.10. The summed E-state index contributed by atoms with van der Waals surface area (Å²) in [5.74, 6) is -0.138. The Bertz CT molecular complexity index is 988. The number of aromatic nitrogens is 4. The lowest BCUT2D eigenvalue weighted by atomic mass is 10.1. The van der Waals surface area contributed by atoms with Gasteiger partial charge in [-0.2, -0.15) is 4.68 Å². The summed E-state index contributed by atoms with van der Waals surface area (Å²) in [6.07, 6.45) is 0. The average molecular weight is 402 g/mol. The molecular formula is C19H20ClN5OS. The summed E-state index contributed by atoms with van der Waals surface area (Å²) in [7, 11) is 0. The first kappa shape index (κ1) is 19.4. The molecule has 0 aliphatic heterocycles. The van der Waals surface area contributed by atoms with E-state index in [-0.39, 0.29) is 11.2 Å². The molecule has 0 spiro atoms. The van der Waals surface area contributed by atoms with Crippen LogP contribution in [0.4, 0.5) is 5.69 Å². The number of amides is 1. The van der Waals surface area contributed by atoms with Gasteiger partial charge in [-0.05, 0) is 67.4 Å². The van der Waals surface area contributed by atoms with Crippen molar-refractivity contribution in [1.29, 1.82) is 0 Å². The molecule has 1 aromatic heterocycles. The molecule has 6 nitrogen and oxygen atoms in total. The number of halogens is 1. The molecule has 1 N–H and O–H groups in total. The molecule has 3 aromatic rings. The summed E-state index contributed by atoms with van der Waals surface area (Å²) < 4.78 is 1.66. The van der Waals surface area contributed by atoms with E-state index in [2.05, 4.69) is 26.9 Å². The maximum Gasteiger partial charge on any atom is 0.237 e. The van der Waals surface area contributed by atoms with Crippen LogP contribution >= 0.6 is 23.4 Å². The van der Waals surface area contributed by atoms with Crippen LogP contribution in [0.25, 0.3) is 5.69 Å². The highest BCUT2D eigenvalue weighted by Crippen LogP contribution is 2.27. The number of anilines is 1. The van der Waals surface area contributed by atoms with Gasteiger partial charge in [0.1, 0.15) is 0 Å². The first-order chi connectivity index (χ1) is 12.9. The predicted octanol–water partition coefficient (Wildman–Crippen LogP) is 4.36. The Morgan fingerprint density at radius 3 is 2.74 bits per heavy atom. The molecule has 0 aliphatic carbocycles. The van der Waals surface area contributed by atoms with Gasteiger partial charge in [-0.25, -0.2) is 0 Å². The topological polar surface area (TPSA) is 72.7 Å². The molecule has 1 unspecified atom stereocenters. The Kier molecular flexibility index (Phi) is 5.82. The molecule has 27 heavy (non-hydrogen) atoms. The van der Waals surface area contributed by atoms with E-state index >= 15 is 0 Å². The maximum absolute atomic E-state index is 12.6. The van der Waals surface area contributed by atoms with Crippen LogP contribution < -0.4 is 5.32 Å². The lowest BCUT2D eigenvalue weighted by Gasteiger charge is -2.14. The number of benzene rings is 2. The molecule has 1 atom stereocenters. The zero-order valence-corrected chi connectivity index (χ0v) is 17.1. The maximum atomic E-state index is 12.6. The fourth-order valence-electron chi connectivity index (χ4n) is 2.64. The smallest absolute Gasteiger partial charge is 0.237 e. The number of thioether (sulfide) groups is 1. The van der Waals surface area contributed by atoms with Crippen molar-refractivity contribution in [2.24, 2.45) is 0 Å². The van der Waals surface area contributed by atoms with Crippen molar-refractivity contribution in [3.8, 4) is 5.69 Å². The lowest BCUT2D eigenvalue weighted by Crippen LogP contribution is -2.23. The van der Waals surface area contributed by atoms with Gasteiger partial charge in [0.15, 0.2) is 0 Å². The van der Waals surface area contributed by atoms with Crippen molar-refractivity contribution in [2.45, 2.75) is 38.1 Å². The number of aryl methyl sites for hydroxylation is 2. The molecule has 2 aromatic carbocycles. The zero-order chi connectivity index (χ0) is 19.6. The van der Waals surface area contributed by atoms with Gasteiger partial charge in [-0.1, -0.05) is 47.1 Å². The van der Waals surface area contributed by atoms with E-state index in [9.17, 15) is 4.79 Å². The molecule has 8 heteroatoms. The number of nitrogens with zero attached hydrogens (tertiary/aromatic N) is 4. The van der Waals surface area contributed by atoms with Gasteiger partial charge in [0.05, 0.1) is 10.9 Å². The Morgan fingerprint density at radius 1 is 1.22 bits per heavy atom. The molecule has 0 radical (unpaired) electrons. The standard InChI is InChI=1S/C19H20ClN5OS/c1-11-8-9-17(12(2)10-11)25-19(22-23-24-25)27-14(4)18(26)21-16-7-5-6-15(20)13(16)3/h5-10,14H,1-4H3,(H,21,26). The Morgan fingerprint density at radius 2 is 2.00 bits per heavy atom. The second-order valence-corrected chi connectivity index (χ2v) is 8.04. The summed E-state index contributed by atoms with van der Waals surface area (Å²) in [5.41, 5.74) is 4.67.